The summed E-state index contributed by atoms with van der Waals surface area (Å²) < 4.78 is 12.1. The zero-order chi connectivity index (χ0) is 44.7. The Labute approximate surface area is 371 Å². The van der Waals surface area contributed by atoms with Gasteiger partial charge in [0.2, 0.25) is 5.91 Å². The van der Waals surface area contributed by atoms with Crippen molar-refractivity contribution in [3.05, 3.63) is 127 Å². The molecule has 5 N–H and O–H groups in total. The monoisotopic (exact) mass is 866 g/mol. The summed E-state index contributed by atoms with van der Waals surface area (Å²) in [6.07, 6.45) is 8.60. The van der Waals surface area contributed by atoms with Crippen molar-refractivity contribution >= 4 is 24.0 Å². The fraction of sp³-hybridized carbons (Fsp3) is 0.354. The molecule has 0 bridgehead atoms. The summed E-state index contributed by atoms with van der Waals surface area (Å²) in [5, 5.41) is 2.75. The van der Waals surface area contributed by atoms with Crippen LogP contribution in [0.5, 0.6) is 0 Å². The van der Waals surface area contributed by atoms with Crippen molar-refractivity contribution < 1.29 is 28.7 Å². The molecule has 5 heterocycles. The second-order valence-corrected chi connectivity index (χ2v) is 16.6. The summed E-state index contributed by atoms with van der Waals surface area (Å²) >= 11 is 0. The highest BCUT2D eigenvalue weighted by Crippen LogP contribution is 2.35. The van der Waals surface area contributed by atoms with E-state index in [1.807, 2.05) is 79.2 Å². The molecule has 64 heavy (non-hydrogen) atoms. The number of aromatic nitrogens is 6. The van der Waals surface area contributed by atoms with Gasteiger partial charge in [0.25, 0.3) is 5.91 Å². The van der Waals surface area contributed by atoms with E-state index in [2.05, 4.69) is 49.5 Å². The van der Waals surface area contributed by atoms with Crippen LogP contribution >= 0.6 is 0 Å². The van der Waals surface area contributed by atoms with Gasteiger partial charge in [-0.05, 0) is 59.9 Å². The Hall–Kier alpha value is -7.23. The maximum absolute atomic E-state index is 14.1. The standard InChI is InChI=1S/C48H54N10O6/c1-4-30(2)42(64-47(49)61)46(60)58-23-9-13-41(58)44-51-26-39(54-44)35-20-16-33(17-21-35)32-14-18-34(19-15-32)38-25-50-43(53-38)40-12-8-22-57(40)45(59)37(55-48(62)63-3)24-36-28-56(29-52-36)27-31-10-6-5-7-11-31/h5-7,10-11,14-21,25-26,28-30,37,40-42H,4,8-9,12-13,22-24,27H2,1-3H3,(H2,49,61)(H,50,53)(H,51,54)(H,55,62)/t30?,37-,40?,41-,42-/m0/s1. The molecule has 0 saturated carbocycles. The molecule has 6 aromatic rings. The number of rotatable bonds is 15. The number of ether oxygens (including phenoxy) is 2. The van der Waals surface area contributed by atoms with Crippen LogP contribution in [-0.4, -0.2) is 95.6 Å². The summed E-state index contributed by atoms with van der Waals surface area (Å²) in [7, 11) is 1.28. The van der Waals surface area contributed by atoms with Crippen LogP contribution in [0.25, 0.3) is 33.6 Å². The number of nitrogens with one attached hydrogen (secondary N) is 3. The number of carbonyl (C=O) groups excluding carboxylic acids is 4. The highest BCUT2D eigenvalue weighted by molar-refractivity contribution is 5.86. The van der Waals surface area contributed by atoms with Crippen molar-refractivity contribution in [1.29, 1.82) is 0 Å². The number of benzene rings is 3. The van der Waals surface area contributed by atoms with Gasteiger partial charge in [-0.1, -0.05) is 92.7 Å². The number of likely N-dealkylation sites (tertiary alicyclic amines) is 2. The lowest BCUT2D eigenvalue weighted by Crippen LogP contribution is -2.49. The van der Waals surface area contributed by atoms with Gasteiger partial charge in [0.05, 0.1) is 55.0 Å². The predicted molar refractivity (Wildman–Crippen MR) is 239 cm³/mol. The summed E-state index contributed by atoms with van der Waals surface area (Å²) in [5.74, 6) is 0.733. The number of methoxy groups -OCH3 is 1. The van der Waals surface area contributed by atoms with Crippen molar-refractivity contribution in [2.24, 2.45) is 11.7 Å². The highest BCUT2D eigenvalue weighted by atomic mass is 16.6. The Morgan fingerprint density at radius 1 is 0.781 bits per heavy atom. The largest absolute Gasteiger partial charge is 0.453 e. The Bertz CT molecular complexity index is 2550. The highest BCUT2D eigenvalue weighted by Gasteiger charge is 2.39. The molecule has 3 aromatic heterocycles. The van der Waals surface area contributed by atoms with Crippen LogP contribution in [0, 0.1) is 5.92 Å². The normalized spacial score (nSPS) is 17.5. The number of carbonyl (C=O) groups is 4. The second-order valence-electron chi connectivity index (χ2n) is 16.6. The Morgan fingerprint density at radius 3 is 1.86 bits per heavy atom. The molecule has 4 amide bonds. The summed E-state index contributed by atoms with van der Waals surface area (Å²) in [5.41, 5.74) is 12.8. The lowest BCUT2D eigenvalue weighted by molar-refractivity contribution is -0.144. The van der Waals surface area contributed by atoms with Gasteiger partial charge in [0.1, 0.15) is 17.7 Å². The van der Waals surface area contributed by atoms with Crippen LogP contribution < -0.4 is 11.1 Å². The minimum Gasteiger partial charge on any atom is -0.453 e. The van der Waals surface area contributed by atoms with Crippen LogP contribution in [0.15, 0.2) is 104 Å². The number of alkyl carbamates (subject to hydrolysis) is 1. The van der Waals surface area contributed by atoms with Crippen molar-refractivity contribution in [3.8, 4) is 33.6 Å². The first-order valence-electron chi connectivity index (χ1n) is 21.9. The molecule has 0 aliphatic carbocycles. The lowest BCUT2D eigenvalue weighted by atomic mass is 10.00. The first-order valence-corrected chi connectivity index (χ1v) is 21.9. The predicted octanol–water partition coefficient (Wildman–Crippen LogP) is 7.18. The van der Waals surface area contributed by atoms with E-state index in [-0.39, 0.29) is 36.2 Å². The number of aromatic amines is 2. The molecule has 16 nitrogen and oxygen atoms in total. The number of hydrogen-bond acceptors (Lipinski definition) is 9. The zero-order valence-electron chi connectivity index (χ0n) is 36.3. The van der Waals surface area contributed by atoms with Crippen molar-refractivity contribution in [3.63, 3.8) is 0 Å². The van der Waals surface area contributed by atoms with Gasteiger partial charge in [0, 0.05) is 38.2 Å². The smallest absolute Gasteiger partial charge is 0.407 e. The molecule has 0 spiro atoms. The molecule has 16 heteroatoms. The molecule has 2 aliphatic rings. The van der Waals surface area contributed by atoms with Crippen LogP contribution in [0.2, 0.25) is 0 Å². The van der Waals surface area contributed by atoms with E-state index in [0.29, 0.717) is 43.4 Å². The Morgan fingerprint density at radius 2 is 1.33 bits per heavy atom. The molecule has 8 rings (SSSR count). The van der Waals surface area contributed by atoms with E-state index in [0.717, 1.165) is 64.9 Å². The van der Waals surface area contributed by atoms with Crippen molar-refractivity contribution in [2.45, 2.75) is 83.1 Å². The van der Waals surface area contributed by atoms with E-state index in [4.69, 9.17) is 20.2 Å². The molecular weight excluding hydrogens is 813 g/mol. The van der Waals surface area contributed by atoms with Gasteiger partial charge in [-0.15, -0.1) is 0 Å². The Kier molecular flexibility index (Phi) is 13.2. The first kappa shape index (κ1) is 43.4. The number of amides is 4. The molecule has 2 unspecified atom stereocenters. The van der Waals surface area contributed by atoms with Crippen LogP contribution in [0.3, 0.4) is 0 Å². The quantitative estimate of drug-likeness (QED) is 0.0824. The summed E-state index contributed by atoms with van der Waals surface area (Å²) in [6, 6.07) is 25.0. The summed E-state index contributed by atoms with van der Waals surface area (Å²) in [6.45, 7) is 5.55. The number of primary amides is 1. The van der Waals surface area contributed by atoms with E-state index < -0.39 is 24.3 Å². The third-order valence-electron chi connectivity index (χ3n) is 12.3. The average molecular weight is 867 g/mol. The van der Waals surface area contributed by atoms with Gasteiger partial charge >= 0.3 is 12.2 Å². The SMILES string of the molecule is CCC(C)[C@H](OC(N)=O)C(=O)N1CCC[C@H]1c1ncc(-c2ccc(-c3ccc(-c4cnc(C5CCCN5C(=O)[C@H](Cc5cn(Cc6ccccc6)cn5)NC(=O)OC)[nH]4)cc3)cc2)[nH]1. The molecule has 3 aromatic carbocycles. The average Bonchev–Trinajstić information content (AvgIpc) is 4.18. The van der Waals surface area contributed by atoms with Crippen LogP contribution in [0.1, 0.15) is 80.9 Å². The number of hydrogen-bond donors (Lipinski definition) is 4. The molecule has 2 fully saturated rings. The number of imidazole rings is 3. The number of nitrogens with two attached hydrogens (primary N) is 1. The molecule has 0 radical (unpaired) electrons. The summed E-state index contributed by atoms with van der Waals surface area (Å²) in [4.78, 5) is 76.1. The minimum absolute atomic E-state index is 0.174. The van der Waals surface area contributed by atoms with E-state index in [9.17, 15) is 19.2 Å². The molecule has 332 valence electrons. The van der Waals surface area contributed by atoms with Crippen molar-refractivity contribution in [1.82, 2.24) is 44.6 Å². The maximum atomic E-state index is 14.1. The Balaban J connectivity index is 0.907. The van der Waals surface area contributed by atoms with Crippen molar-refractivity contribution in [2.75, 3.05) is 20.2 Å². The lowest BCUT2D eigenvalue weighted by Gasteiger charge is -2.29. The topological polar surface area (TPSA) is 206 Å². The van der Waals surface area contributed by atoms with Crippen LogP contribution in [-0.2, 0) is 32.0 Å². The molecule has 2 aliphatic heterocycles. The first-order chi connectivity index (χ1) is 31.1. The van der Waals surface area contributed by atoms with E-state index in [1.165, 1.54) is 7.11 Å². The third-order valence-corrected chi connectivity index (χ3v) is 12.3. The number of nitrogens with zero attached hydrogens (tertiary/aromatic N) is 6. The minimum atomic E-state index is -0.956. The molecule has 2 saturated heterocycles. The van der Waals surface area contributed by atoms with Gasteiger partial charge in [-0.2, -0.15) is 0 Å². The number of H-pyrrole nitrogens is 2. The maximum Gasteiger partial charge on any atom is 0.407 e. The third kappa shape index (κ3) is 9.70. The fourth-order valence-electron chi connectivity index (χ4n) is 8.74. The van der Waals surface area contributed by atoms with E-state index >= 15 is 0 Å². The van der Waals surface area contributed by atoms with Gasteiger partial charge in [0.15, 0.2) is 6.10 Å². The van der Waals surface area contributed by atoms with Gasteiger partial charge in [-0.3, -0.25) is 9.59 Å². The molecular formula is C48H54N10O6. The van der Waals surface area contributed by atoms with E-state index in [1.54, 1.807) is 28.5 Å². The molecule has 5 atom stereocenters. The fourth-order valence-corrected chi connectivity index (χ4v) is 8.74. The zero-order valence-corrected chi connectivity index (χ0v) is 36.3. The second kappa shape index (κ2) is 19.4. The van der Waals surface area contributed by atoms with Gasteiger partial charge < -0.3 is 44.9 Å². The van der Waals surface area contributed by atoms with Crippen LogP contribution in [0.4, 0.5) is 9.59 Å². The van der Waals surface area contributed by atoms with Gasteiger partial charge in [-0.25, -0.2) is 24.5 Å².